The predicted molar refractivity (Wildman–Crippen MR) is 94.3 cm³/mol. The molecule has 2 aromatic rings. The van der Waals surface area contributed by atoms with E-state index in [4.69, 9.17) is 23.2 Å². The summed E-state index contributed by atoms with van der Waals surface area (Å²) in [4.78, 5) is 0. The van der Waals surface area contributed by atoms with Crippen LogP contribution in [0.3, 0.4) is 0 Å². The molecular formula is C19H14Cl2F3N. The summed E-state index contributed by atoms with van der Waals surface area (Å²) in [6.45, 7) is 0. The Labute approximate surface area is 153 Å². The number of para-hydroxylation sites is 1. The fourth-order valence-corrected chi connectivity index (χ4v) is 4.35. The molecule has 0 saturated heterocycles. The molecule has 1 aliphatic heterocycles. The lowest BCUT2D eigenvalue weighted by atomic mass is 9.76. The fourth-order valence-electron chi connectivity index (χ4n) is 3.93. The Morgan fingerprint density at radius 2 is 1.72 bits per heavy atom. The van der Waals surface area contributed by atoms with Crippen molar-refractivity contribution in [2.24, 2.45) is 5.92 Å². The molecule has 1 aliphatic carbocycles. The number of nitrogens with one attached hydrogen (secondary N) is 1. The molecule has 2 aromatic carbocycles. The highest BCUT2D eigenvalue weighted by atomic mass is 35.5. The second-order valence-electron chi connectivity index (χ2n) is 6.39. The van der Waals surface area contributed by atoms with Gasteiger partial charge in [-0.3, -0.25) is 0 Å². The molecule has 0 bridgehead atoms. The molecule has 6 heteroatoms. The average Bonchev–Trinajstić information content (AvgIpc) is 3.05. The van der Waals surface area contributed by atoms with Crippen molar-refractivity contribution in [1.29, 1.82) is 0 Å². The van der Waals surface area contributed by atoms with Gasteiger partial charge in [-0.05, 0) is 35.6 Å². The third kappa shape index (κ3) is 2.72. The van der Waals surface area contributed by atoms with Crippen molar-refractivity contribution < 1.29 is 13.2 Å². The summed E-state index contributed by atoms with van der Waals surface area (Å²) in [6.07, 6.45) is 0.380. The summed E-state index contributed by atoms with van der Waals surface area (Å²) in [5.74, 6) is 0.0329. The molecule has 4 rings (SSSR count). The molecule has 0 amide bonds. The van der Waals surface area contributed by atoms with E-state index in [2.05, 4.69) is 5.32 Å². The van der Waals surface area contributed by atoms with E-state index in [0.29, 0.717) is 15.6 Å². The SMILES string of the molecule is FC(F)(F)c1cccc2c1N[C@H](c1cccc(Cl)c1Cl)[C@H]1CC=C[C@@H]21. The van der Waals surface area contributed by atoms with Gasteiger partial charge in [0, 0.05) is 5.92 Å². The van der Waals surface area contributed by atoms with Crippen LogP contribution in [0.4, 0.5) is 18.9 Å². The standard InChI is InChI=1S/C19H14Cl2F3N/c20-15-9-3-7-13(16(15)21)17-11-5-1-4-10(11)12-6-2-8-14(18(12)25-17)19(22,23)24/h1-4,6-11,17,25H,5H2/t10-,11+,17+/m1/s1. The van der Waals surface area contributed by atoms with Gasteiger partial charge in [-0.1, -0.05) is 59.6 Å². The van der Waals surface area contributed by atoms with E-state index in [1.54, 1.807) is 18.2 Å². The van der Waals surface area contributed by atoms with Gasteiger partial charge in [0.1, 0.15) is 0 Å². The van der Waals surface area contributed by atoms with Gasteiger partial charge in [0.2, 0.25) is 0 Å². The lowest BCUT2D eigenvalue weighted by Crippen LogP contribution is -2.31. The van der Waals surface area contributed by atoms with Crippen molar-refractivity contribution in [3.8, 4) is 0 Å². The summed E-state index contributed by atoms with van der Waals surface area (Å²) < 4.78 is 40.5. The van der Waals surface area contributed by atoms with Crippen LogP contribution >= 0.6 is 23.2 Å². The number of anilines is 1. The van der Waals surface area contributed by atoms with Crippen LogP contribution in [0.1, 0.15) is 35.1 Å². The summed E-state index contributed by atoms with van der Waals surface area (Å²) in [5, 5.41) is 3.92. The number of alkyl halides is 3. The smallest absolute Gasteiger partial charge is 0.377 e. The van der Waals surface area contributed by atoms with Gasteiger partial charge in [-0.2, -0.15) is 13.2 Å². The quantitative estimate of drug-likeness (QED) is 0.531. The van der Waals surface area contributed by atoms with Crippen LogP contribution in [0.15, 0.2) is 48.6 Å². The summed E-state index contributed by atoms with van der Waals surface area (Å²) in [7, 11) is 0. The second kappa shape index (κ2) is 5.96. The Morgan fingerprint density at radius 1 is 1.00 bits per heavy atom. The summed E-state index contributed by atoms with van der Waals surface area (Å²) >= 11 is 12.5. The van der Waals surface area contributed by atoms with Gasteiger partial charge < -0.3 is 5.32 Å². The van der Waals surface area contributed by atoms with Crippen LogP contribution in [0.2, 0.25) is 10.0 Å². The van der Waals surface area contributed by atoms with Gasteiger partial charge in [0.05, 0.1) is 27.3 Å². The van der Waals surface area contributed by atoms with Gasteiger partial charge in [-0.15, -0.1) is 0 Å². The maximum Gasteiger partial charge on any atom is 0.418 e. The first-order valence-electron chi connectivity index (χ1n) is 7.95. The lowest BCUT2D eigenvalue weighted by Gasteiger charge is -2.39. The molecule has 0 spiro atoms. The Hall–Kier alpha value is -1.65. The number of benzene rings is 2. The fraction of sp³-hybridized carbons (Fsp3) is 0.263. The molecule has 0 saturated carbocycles. The number of halogens is 5. The molecule has 1 nitrogen and oxygen atoms in total. The predicted octanol–water partition coefficient (Wildman–Crippen LogP) is 6.84. The van der Waals surface area contributed by atoms with Crippen LogP contribution in [-0.4, -0.2) is 0 Å². The Bertz CT molecular complexity index is 860. The molecule has 1 N–H and O–H groups in total. The van der Waals surface area contributed by atoms with E-state index in [-0.39, 0.29) is 23.6 Å². The van der Waals surface area contributed by atoms with Crippen molar-refractivity contribution in [1.82, 2.24) is 0 Å². The molecule has 0 aromatic heterocycles. The zero-order chi connectivity index (χ0) is 17.8. The highest BCUT2D eigenvalue weighted by Gasteiger charge is 2.43. The molecule has 1 heterocycles. The highest BCUT2D eigenvalue weighted by molar-refractivity contribution is 6.42. The molecular weight excluding hydrogens is 370 g/mol. The van der Waals surface area contributed by atoms with Gasteiger partial charge >= 0.3 is 6.18 Å². The topological polar surface area (TPSA) is 12.0 Å². The maximum absolute atomic E-state index is 13.5. The maximum atomic E-state index is 13.5. The molecule has 2 aliphatic rings. The summed E-state index contributed by atoms with van der Waals surface area (Å²) in [5.41, 5.74) is 0.911. The highest BCUT2D eigenvalue weighted by Crippen LogP contribution is 2.53. The summed E-state index contributed by atoms with van der Waals surface area (Å²) in [6, 6.07) is 9.29. The Balaban J connectivity index is 1.88. The Morgan fingerprint density at radius 3 is 2.48 bits per heavy atom. The van der Waals surface area contributed by atoms with Crippen molar-refractivity contribution in [2.75, 3.05) is 5.32 Å². The number of allylic oxidation sites excluding steroid dienone is 2. The van der Waals surface area contributed by atoms with Crippen LogP contribution in [0.25, 0.3) is 0 Å². The van der Waals surface area contributed by atoms with Crippen LogP contribution in [0, 0.1) is 5.92 Å². The molecule has 0 fully saturated rings. The van der Waals surface area contributed by atoms with Gasteiger partial charge in [0.15, 0.2) is 0 Å². The first kappa shape index (κ1) is 16.8. The minimum Gasteiger partial charge on any atom is -0.377 e. The van der Waals surface area contributed by atoms with Gasteiger partial charge in [0.25, 0.3) is 0 Å². The number of fused-ring (bicyclic) bond motifs is 3. The molecule has 25 heavy (non-hydrogen) atoms. The third-order valence-corrected chi connectivity index (χ3v) is 5.85. The van der Waals surface area contributed by atoms with E-state index >= 15 is 0 Å². The van der Waals surface area contributed by atoms with Crippen molar-refractivity contribution >= 4 is 28.9 Å². The number of rotatable bonds is 1. The largest absolute Gasteiger partial charge is 0.418 e. The molecule has 130 valence electrons. The van der Waals surface area contributed by atoms with E-state index in [1.165, 1.54) is 6.07 Å². The van der Waals surface area contributed by atoms with Crippen molar-refractivity contribution in [3.63, 3.8) is 0 Å². The third-order valence-electron chi connectivity index (χ3n) is 5.02. The Kier molecular flexibility index (Phi) is 4.00. The van der Waals surface area contributed by atoms with Crippen LogP contribution in [0.5, 0.6) is 0 Å². The molecule has 0 radical (unpaired) electrons. The van der Waals surface area contributed by atoms with Crippen molar-refractivity contribution in [2.45, 2.75) is 24.6 Å². The average molecular weight is 384 g/mol. The lowest BCUT2D eigenvalue weighted by molar-refractivity contribution is -0.137. The van der Waals surface area contributed by atoms with Crippen LogP contribution < -0.4 is 5.32 Å². The van der Waals surface area contributed by atoms with Crippen LogP contribution in [-0.2, 0) is 6.18 Å². The molecule has 0 unspecified atom stereocenters. The normalized spacial score (nSPS) is 24.6. The second-order valence-corrected chi connectivity index (χ2v) is 7.17. The van der Waals surface area contributed by atoms with Gasteiger partial charge in [-0.25, -0.2) is 0 Å². The zero-order valence-electron chi connectivity index (χ0n) is 12.9. The first-order valence-corrected chi connectivity index (χ1v) is 8.70. The van der Waals surface area contributed by atoms with E-state index in [1.807, 2.05) is 18.2 Å². The zero-order valence-corrected chi connectivity index (χ0v) is 14.5. The van der Waals surface area contributed by atoms with Crippen molar-refractivity contribution in [3.05, 3.63) is 75.3 Å². The number of hydrogen-bond donors (Lipinski definition) is 1. The minimum atomic E-state index is -4.42. The van der Waals surface area contributed by atoms with E-state index < -0.39 is 11.7 Å². The monoisotopic (exact) mass is 383 g/mol. The minimum absolute atomic E-state index is 0.0707. The van der Waals surface area contributed by atoms with E-state index in [9.17, 15) is 13.2 Å². The number of hydrogen-bond acceptors (Lipinski definition) is 1. The first-order chi connectivity index (χ1) is 11.9. The molecule has 3 atom stereocenters. The van der Waals surface area contributed by atoms with E-state index in [0.717, 1.165) is 18.1 Å².